The van der Waals surface area contributed by atoms with Crippen LogP contribution in [-0.4, -0.2) is 68.3 Å². The Bertz CT molecular complexity index is 2410. The van der Waals surface area contributed by atoms with Gasteiger partial charge in [-0.2, -0.15) is 5.10 Å². The smallest absolute Gasteiger partial charge is 0.165 e. The van der Waals surface area contributed by atoms with Crippen LogP contribution in [0.2, 0.25) is 0 Å². The van der Waals surface area contributed by atoms with Crippen molar-refractivity contribution in [3.8, 4) is 0 Å². The summed E-state index contributed by atoms with van der Waals surface area (Å²) in [6, 6.07) is 0. The quantitative estimate of drug-likeness (QED) is 0.229. The fourth-order valence-electron chi connectivity index (χ4n) is 5.12. The summed E-state index contributed by atoms with van der Waals surface area (Å²) in [4.78, 5) is 37.0. The molecule has 0 saturated carbocycles. The number of imidazole rings is 3. The molecule has 0 unspecified atom stereocenters. The molecule has 0 fully saturated rings. The van der Waals surface area contributed by atoms with Gasteiger partial charge < -0.3 is 30.9 Å². The lowest BCUT2D eigenvalue weighted by Crippen LogP contribution is -1.98. The van der Waals surface area contributed by atoms with Crippen LogP contribution in [0.1, 0.15) is 35.3 Å². The van der Waals surface area contributed by atoms with E-state index in [1.807, 2.05) is 72.7 Å². The van der Waals surface area contributed by atoms with Gasteiger partial charge in [0.05, 0.1) is 24.4 Å². The number of fused-ring (bicyclic) bond motifs is 4. The average molecular weight is 664 g/mol. The number of anilines is 3. The number of aryl methyl sites for hydroxylation is 9. The summed E-state index contributed by atoms with van der Waals surface area (Å²) >= 11 is 0. The third-order valence-electron chi connectivity index (χ3n) is 8.04. The molecule has 8 aromatic rings. The second-order valence-corrected chi connectivity index (χ2v) is 11.5. The molecule has 0 amide bonds. The molecule has 0 atom stereocenters. The van der Waals surface area contributed by atoms with Gasteiger partial charge in [-0.05, 0) is 58.2 Å². The van der Waals surface area contributed by atoms with Crippen LogP contribution in [0.4, 0.5) is 17.5 Å². The van der Waals surface area contributed by atoms with Crippen LogP contribution < -0.4 is 17.2 Å². The maximum atomic E-state index is 5.65. The number of hydrogen-bond acceptors (Lipinski definition) is 13. The van der Waals surface area contributed by atoms with Gasteiger partial charge in [0, 0.05) is 45.5 Å². The number of aromatic nitrogens is 14. The van der Waals surface area contributed by atoms with E-state index in [4.69, 9.17) is 17.2 Å². The molecule has 49 heavy (non-hydrogen) atoms. The highest BCUT2D eigenvalue weighted by atomic mass is 15.3. The fourth-order valence-corrected chi connectivity index (χ4v) is 5.12. The van der Waals surface area contributed by atoms with Crippen LogP contribution in [0, 0.1) is 34.6 Å². The normalized spacial score (nSPS) is 10.9. The minimum Gasteiger partial charge on any atom is -0.382 e. The number of nitrogens with two attached hydrogens (primary N) is 3. The standard InChI is InChI=1S/C10H13N3.C8H10N4.2C7H9N5/c1-4-13-10-9(6-12-13)8(3)7(2)5-11-10;1-5-3-10-8(9)6-7(5)12(2)4-11-6;1-4-11-5-6(8)9-3-10-7(5)12(4)2;1-4-10-6(8)5-7(11-4)12(2)3-9-5/h5-6H,4H2,1-3H3;3-4H,1-2H3,(H2,9,10);3H,1-2H3,(H2,8,9,10);3H,1-2H3,(H2,8,10,11). The van der Waals surface area contributed by atoms with Crippen molar-refractivity contribution in [2.24, 2.45) is 21.1 Å². The van der Waals surface area contributed by atoms with Crippen molar-refractivity contribution in [1.82, 2.24) is 68.3 Å². The van der Waals surface area contributed by atoms with Crippen molar-refractivity contribution in [2.45, 2.75) is 48.1 Å². The van der Waals surface area contributed by atoms with Gasteiger partial charge in [-0.25, -0.2) is 49.5 Å². The summed E-state index contributed by atoms with van der Waals surface area (Å²) in [7, 11) is 5.72. The molecule has 8 aromatic heterocycles. The molecule has 0 aliphatic heterocycles. The van der Waals surface area contributed by atoms with E-state index in [0.717, 1.165) is 45.9 Å². The molecule has 17 nitrogen and oxygen atoms in total. The highest BCUT2D eigenvalue weighted by Gasteiger charge is 2.09. The van der Waals surface area contributed by atoms with Gasteiger partial charge >= 0.3 is 0 Å². The average Bonchev–Trinajstić information content (AvgIpc) is 3.85. The van der Waals surface area contributed by atoms with E-state index in [1.165, 1.54) is 22.8 Å². The summed E-state index contributed by atoms with van der Waals surface area (Å²) in [5, 5.41) is 5.44. The molecule has 254 valence electrons. The molecule has 0 saturated heterocycles. The van der Waals surface area contributed by atoms with E-state index in [-0.39, 0.29) is 0 Å². The molecule has 0 aromatic carbocycles. The SMILES string of the molecule is CCn1ncc2c(C)c(C)cnc21.Cc1cnc(N)c2ncn(C)c12.Cc1nc(N)c2ncn(C)c2n1.Cc1nc2c(N)ncnc2n1C. The Morgan fingerprint density at radius 3 is 1.98 bits per heavy atom. The van der Waals surface area contributed by atoms with E-state index in [2.05, 4.69) is 70.7 Å². The lowest BCUT2D eigenvalue weighted by Gasteiger charge is -2.01. The van der Waals surface area contributed by atoms with Gasteiger partial charge in [0.2, 0.25) is 0 Å². The van der Waals surface area contributed by atoms with Crippen molar-refractivity contribution in [2.75, 3.05) is 17.2 Å². The van der Waals surface area contributed by atoms with E-state index < -0.39 is 0 Å². The first kappa shape index (κ1) is 34.1. The molecule has 0 spiro atoms. The summed E-state index contributed by atoms with van der Waals surface area (Å²) < 4.78 is 7.57. The Morgan fingerprint density at radius 2 is 1.29 bits per heavy atom. The summed E-state index contributed by atoms with van der Waals surface area (Å²) in [5.74, 6) is 2.93. The third-order valence-corrected chi connectivity index (χ3v) is 8.04. The lowest BCUT2D eigenvalue weighted by atomic mass is 10.1. The van der Waals surface area contributed by atoms with E-state index in [9.17, 15) is 0 Å². The zero-order valence-corrected chi connectivity index (χ0v) is 29.2. The van der Waals surface area contributed by atoms with Crippen LogP contribution in [0.3, 0.4) is 0 Å². The Kier molecular flexibility index (Phi) is 9.63. The van der Waals surface area contributed by atoms with Gasteiger partial charge in [-0.15, -0.1) is 0 Å². The topological polar surface area (TPSA) is 227 Å². The highest BCUT2D eigenvalue weighted by Crippen LogP contribution is 2.20. The maximum Gasteiger partial charge on any atom is 0.165 e. The van der Waals surface area contributed by atoms with E-state index >= 15 is 0 Å². The van der Waals surface area contributed by atoms with Crippen LogP contribution in [0.5, 0.6) is 0 Å². The second kappa shape index (κ2) is 13.8. The molecular formula is C32H41N17. The van der Waals surface area contributed by atoms with Crippen molar-refractivity contribution >= 4 is 61.8 Å². The summed E-state index contributed by atoms with van der Waals surface area (Å²) in [6.07, 6.45) is 10.4. The largest absolute Gasteiger partial charge is 0.382 e. The van der Waals surface area contributed by atoms with Crippen molar-refractivity contribution in [3.63, 3.8) is 0 Å². The monoisotopic (exact) mass is 663 g/mol. The number of pyridine rings is 2. The predicted octanol–water partition coefficient (Wildman–Crippen LogP) is 3.43. The Labute approximate surface area is 282 Å². The van der Waals surface area contributed by atoms with Gasteiger partial charge in [-0.1, -0.05) is 0 Å². The van der Waals surface area contributed by atoms with E-state index in [1.54, 1.807) is 18.9 Å². The number of hydrogen-bond donors (Lipinski definition) is 3. The number of nitrogen functional groups attached to an aromatic ring is 3. The second-order valence-electron chi connectivity index (χ2n) is 11.5. The molecule has 0 radical (unpaired) electrons. The minimum absolute atomic E-state index is 0.434. The van der Waals surface area contributed by atoms with Crippen LogP contribution in [-0.2, 0) is 27.7 Å². The first-order valence-corrected chi connectivity index (χ1v) is 15.4. The van der Waals surface area contributed by atoms with Gasteiger partial charge in [0.25, 0.3) is 0 Å². The first-order valence-electron chi connectivity index (χ1n) is 15.4. The van der Waals surface area contributed by atoms with Crippen LogP contribution >= 0.6 is 0 Å². The Balaban J connectivity index is 0.000000127. The predicted molar refractivity (Wildman–Crippen MR) is 191 cm³/mol. The zero-order chi connectivity index (χ0) is 35.6. The number of nitrogens with zero attached hydrogens (tertiary/aromatic N) is 14. The maximum absolute atomic E-state index is 5.65. The fraction of sp³-hybridized carbons (Fsp3) is 0.312. The molecule has 0 aliphatic rings. The Morgan fingerprint density at radius 1 is 0.612 bits per heavy atom. The first-order chi connectivity index (χ1) is 23.3. The van der Waals surface area contributed by atoms with E-state index in [0.29, 0.717) is 34.3 Å². The highest BCUT2D eigenvalue weighted by molar-refractivity contribution is 5.87. The van der Waals surface area contributed by atoms with Crippen LogP contribution in [0.25, 0.3) is 44.4 Å². The molecule has 6 N–H and O–H groups in total. The summed E-state index contributed by atoms with van der Waals surface area (Å²) in [5.41, 5.74) is 26.3. The minimum atomic E-state index is 0.434. The van der Waals surface area contributed by atoms with Gasteiger partial charge in [-0.3, -0.25) is 0 Å². The van der Waals surface area contributed by atoms with Crippen molar-refractivity contribution in [1.29, 1.82) is 0 Å². The van der Waals surface area contributed by atoms with Crippen molar-refractivity contribution in [3.05, 3.63) is 65.9 Å². The molecular weight excluding hydrogens is 622 g/mol. The molecule has 0 aliphatic carbocycles. The number of rotatable bonds is 1. The molecule has 8 rings (SSSR count). The molecule has 8 heterocycles. The van der Waals surface area contributed by atoms with Gasteiger partial charge in [0.15, 0.2) is 39.9 Å². The van der Waals surface area contributed by atoms with Gasteiger partial charge in [0.1, 0.15) is 29.0 Å². The third kappa shape index (κ3) is 6.76. The Hall–Kier alpha value is -6.26. The summed E-state index contributed by atoms with van der Waals surface area (Å²) in [6.45, 7) is 12.8. The van der Waals surface area contributed by atoms with Crippen LogP contribution in [0.15, 0.2) is 37.6 Å². The molecule has 0 bridgehead atoms. The van der Waals surface area contributed by atoms with Crippen molar-refractivity contribution < 1.29 is 0 Å². The lowest BCUT2D eigenvalue weighted by molar-refractivity contribution is 0.676. The zero-order valence-electron chi connectivity index (χ0n) is 29.2. The molecule has 17 heteroatoms.